The molecule has 0 aromatic carbocycles. The highest BCUT2D eigenvalue weighted by Crippen LogP contribution is 1.96. The molecular formula is C7H12O6. The molecule has 0 aliphatic heterocycles. The van der Waals surface area contributed by atoms with Gasteiger partial charge in [0.05, 0.1) is 11.2 Å². The third-order valence-electron chi connectivity index (χ3n) is 1.01. The predicted octanol–water partition coefficient (Wildman–Crippen LogP) is 0.305. The van der Waals surface area contributed by atoms with Gasteiger partial charge in [-0.25, -0.2) is 9.59 Å². The Morgan fingerprint density at radius 3 is 2.77 bits per heavy atom. The Morgan fingerprint density at radius 1 is 1.54 bits per heavy atom. The first-order valence-electron chi connectivity index (χ1n) is 4.81. The molecule has 1 atom stereocenters. The van der Waals surface area contributed by atoms with E-state index in [0.29, 0.717) is 0 Å². The van der Waals surface area contributed by atoms with E-state index in [1.165, 1.54) is 14.0 Å². The molecule has 0 amide bonds. The number of methoxy groups -OCH3 is 2. The molecule has 0 saturated carbocycles. The Balaban J connectivity index is 3.99. The zero-order valence-corrected chi connectivity index (χ0v) is 7.23. The van der Waals surface area contributed by atoms with Crippen molar-refractivity contribution < 1.29 is 32.6 Å². The quantitative estimate of drug-likeness (QED) is 0.474. The second-order valence-electron chi connectivity index (χ2n) is 1.98. The maximum Gasteiger partial charge on any atom is 0.508 e. The first-order valence-corrected chi connectivity index (χ1v) is 3.31. The molecule has 6 nitrogen and oxygen atoms in total. The molecule has 0 spiro atoms. The summed E-state index contributed by atoms with van der Waals surface area (Å²) < 4.78 is 36.9. The van der Waals surface area contributed by atoms with Crippen molar-refractivity contribution in [2.24, 2.45) is 0 Å². The number of carbonyl (C=O) groups is 2. The highest BCUT2D eigenvalue weighted by molar-refractivity contribution is 5.76. The molecule has 0 aliphatic carbocycles. The van der Waals surface area contributed by atoms with Crippen LogP contribution in [0, 0.1) is 0 Å². The van der Waals surface area contributed by atoms with E-state index < -0.39 is 25.3 Å². The predicted molar refractivity (Wildman–Crippen MR) is 40.9 cm³/mol. The van der Waals surface area contributed by atoms with E-state index in [1.807, 2.05) is 0 Å². The van der Waals surface area contributed by atoms with Crippen LogP contribution >= 0.6 is 0 Å². The smallest absolute Gasteiger partial charge is 0.438 e. The van der Waals surface area contributed by atoms with E-state index in [4.69, 9.17) is 4.11 Å². The molecule has 1 unspecified atom stereocenters. The van der Waals surface area contributed by atoms with E-state index in [-0.39, 0.29) is 6.79 Å². The van der Waals surface area contributed by atoms with Crippen LogP contribution in [0.25, 0.3) is 0 Å². The van der Waals surface area contributed by atoms with Crippen LogP contribution in [0.3, 0.4) is 0 Å². The van der Waals surface area contributed by atoms with Crippen LogP contribution in [0.1, 0.15) is 11.0 Å². The van der Waals surface area contributed by atoms with Crippen LogP contribution in [0.15, 0.2) is 0 Å². The minimum atomic E-state index is -2.91. The molecule has 13 heavy (non-hydrogen) atoms. The summed E-state index contributed by atoms with van der Waals surface area (Å²) >= 11 is 0. The van der Waals surface area contributed by atoms with E-state index in [2.05, 4.69) is 18.9 Å². The second-order valence-corrected chi connectivity index (χ2v) is 1.98. The van der Waals surface area contributed by atoms with Crippen molar-refractivity contribution in [3.63, 3.8) is 0 Å². The van der Waals surface area contributed by atoms with Crippen LogP contribution in [-0.4, -0.2) is 39.2 Å². The lowest BCUT2D eigenvalue weighted by Gasteiger charge is -2.10. The van der Waals surface area contributed by atoms with Crippen molar-refractivity contribution in [2.45, 2.75) is 13.0 Å². The van der Waals surface area contributed by atoms with Crippen molar-refractivity contribution in [1.82, 2.24) is 0 Å². The van der Waals surface area contributed by atoms with Crippen molar-refractivity contribution in [2.75, 3.05) is 20.9 Å². The molecule has 0 rings (SSSR count). The highest BCUT2D eigenvalue weighted by atomic mass is 16.7. The number of hydrogen-bond acceptors (Lipinski definition) is 6. The number of carbonyl (C=O) groups excluding carboxylic acids is 2. The molecule has 0 aromatic rings. The molecule has 0 bridgehead atoms. The lowest BCUT2D eigenvalue weighted by Crippen LogP contribution is -2.26. The molecular weight excluding hydrogens is 180 g/mol. The fourth-order valence-electron chi connectivity index (χ4n) is 0.451. The average Bonchev–Trinajstić information content (AvgIpc) is 2.10. The molecule has 0 fully saturated rings. The van der Waals surface area contributed by atoms with E-state index in [0.717, 1.165) is 0 Å². The van der Waals surface area contributed by atoms with Gasteiger partial charge in [-0.2, -0.15) is 0 Å². The fraction of sp³-hybridized carbons (Fsp3) is 0.714. The van der Waals surface area contributed by atoms with Crippen LogP contribution in [0.2, 0.25) is 0 Å². The largest absolute Gasteiger partial charge is 0.508 e. The van der Waals surface area contributed by atoms with Gasteiger partial charge < -0.3 is 18.9 Å². The Morgan fingerprint density at radius 2 is 2.23 bits per heavy atom. The van der Waals surface area contributed by atoms with E-state index >= 15 is 0 Å². The number of esters is 1. The zero-order valence-electron chi connectivity index (χ0n) is 10.2. The van der Waals surface area contributed by atoms with Gasteiger partial charge in [-0.15, -0.1) is 0 Å². The van der Waals surface area contributed by atoms with Crippen LogP contribution < -0.4 is 0 Å². The van der Waals surface area contributed by atoms with Crippen LogP contribution in [0.5, 0.6) is 0 Å². The summed E-state index contributed by atoms with van der Waals surface area (Å²) in [5.74, 6) is -0.871. The lowest BCUT2D eigenvalue weighted by molar-refractivity contribution is -0.164. The average molecular weight is 195 g/mol. The molecule has 0 heterocycles. The minimum Gasteiger partial charge on any atom is -0.438 e. The summed E-state index contributed by atoms with van der Waals surface area (Å²) in [4.78, 5) is 21.8. The normalized spacial score (nSPS) is 16.0. The number of rotatable bonds is 4. The Hall–Kier alpha value is -1.30. The highest BCUT2D eigenvalue weighted by Gasteiger charge is 2.19. The molecule has 0 radical (unpaired) electrons. The first-order chi connectivity index (χ1) is 7.26. The second kappa shape index (κ2) is 6.24. The van der Waals surface area contributed by atoms with Crippen molar-refractivity contribution in [1.29, 1.82) is 0 Å². The SMILES string of the molecule is [2H]C([2H])([2H])OC(=O)OC(C)C(=O)OCOC. The van der Waals surface area contributed by atoms with Gasteiger partial charge in [-0.1, -0.05) is 0 Å². The van der Waals surface area contributed by atoms with Gasteiger partial charge in [0, 0.05) is 7.11 Å². The summed E-state index contributed by atoms with van der Waals surface area (Å²) in [6, 6.07) is 0. The van der Waals surface area contributed by atoms with Crippen molar-refractivity contribution >= 4 is 12.1 Å². The summed E-state index contributed by atoms with van der Waals surface area (Å²) in [6.45, 7) is 0.916. The van der Waals surface area contributed by atoms with Crippen molar-refractivity contribution in [3.8, 4) is 0 Å². The van der Waals surface area contributed by atoms with Gasteiger partial charge in [-0.3, -0.25) is 0 Å². The first kappa shape index (κ1) is 7.14. The van der Waals surface area contributed by atoms with E-state index in [1.54, 1.807) is 0 Å². The Kier molecular flexibility index (Phi) is 3.43. The Bertz CT molecular complexity index is 251. The van der Waals surface area contributed by atoms with Crippen LogP contribution in [0.4, 0.5) is 4.79 Å². The standard InChI is InChI=1S/C7H12O6/c1-5(13-7(9)11-3)6(8)12-4-10-2/h5H,4H2,1-3H3/i3D3. The molecule has 0 N–H and O–H groups in total. The summed E-state index contributed by atoms with van der Waals surface area (Å²) in [5, 5.41) is 0. The fourth-order valence-corrected chi connectivity index (χ4v) is 0.451. The van der Waals surface area contributed by atoms with Crippen molar-refractivity contribution in [3.05, 3.63) is 0 Å². The topological polar surface area (TPSA) is 71.1 Å². The van der Waals surface area contributed by atoms with Gasteiger partial charge in [0.15, 0.2) is 12.9 Å². The third kappa shape index (κ3) is 5.02. The maximum atomic E-state index is 11.0. The van der Waals surface area contributed by atoms with Gasteiger partial charge in [0.2, 0.25) is 0 Å². The maximum absolute atomic E-state index is 11.0. The van der Waals surface area contributed by atoms with Gasteiger partial charge in [0.1, 0.15) is 0 Å². The Labute approximate surface area is 79.9 Å². The summed E-state index contributed by atoms with van der Waals surface area (Å²) in [5.41, 5.74) is 0. The van der Waals surface area contributed by atoms with Gasteiger partial charge in [0.25, 0.3) is 0 Å². The third-order valence-corrected chi connectivity index (χ3v) is 1.01. The summed E-state index contributed by atoms with van der Waals surface area (Å²) in [6.07, 6.45) is -2.74. The molecule has 6 heteroatoms. The summed E-state index contributed by atoms with van der Waals surface area (Å²) in [7, 11) is -1.60. The van der Waals surface area contributed by atoms with Gasteiger partial charge >= 0.3 is 12.1 Å². The minimum absolute atomic E-state index is 0.291. The molecule has 0 aliphatic rings. The zero-order chi connectivity index (χ0) is 12.8. The lowest BCUT2D eigenvalue weighted by atomic mass is 10.4. The number of ether oxygens (including phenoxy) is 4. The molecule has 0 saturated heterocycles. The monoisotopic (exact) mass is 195 g/mol. The molecule has 0 aromatic heterocycles. The van der Waals surface area contributed by atoms with Gasteiger partial charge in [-0.05, 0) is 6.92 Å². The van der Waals surface area contributed by atoms with Crippen LogP contribution in [-0.2, 0) is 23.7 Å². The molecule has 76 valence electrons. The van der Waals surface area contributed by atoms with E-state index in [9.17, 15) is 9.59 Å². The number of hydrogen-bond donors (Lipinski definition) is 0.